The van der Waals surface area contributed by atoms with E-state index in [0.29, 0.717) is 23.3 Å². The maximum absolute atomic E-state index is 10.3. The molecule has 0 aliphatic carbocycles. The molecule has 4 nitrogen and oxygen atoms in total. The van der Waals surface area contributed by atoms with Crippen LogP contribution in [0, 0.1) is 13.8 Å². The van der Waals surface area contributed by atoms with Crippen LogP contribution in [0.4, 0.5) is 0 Å². The smallest absolute Gasteiger partial charge is 0.154 e. The van der Waals surface area contributed by atoms with Gasteiger partial charge in [-0.2, -0.15) is 0 Å². The monoisotopic (exact) mass is 338 g/mol. The number of aldehydes is 1. The molecule has 0 heterocycles. The zero-order valence-corrected chi connectivity index (χ0v) is 14.3. The Balaban J connectivity index is 0.000000191. The number of aryl methyl sites for hydroxylation is 2. The molecule has 0 aliphatic rings. The summed E-state index contributed by atoms with van der Waals surface area (Å²) >= 11 is 0. The average molecular weight is 338 g/mol. The van der Waals surface area contributed by atoms with Gasteiger partial charge in [-0.1, -0.05) is 48.5 Å². The largest absolute Gasteiger partial charge is 0.508 e. The van der Waals surface area contributed by atoms with E-state index < -0.39 is 0 Å². The summed E-state index contributed by atoms with van der Waals surface area (Å²) in [6.07, 6.45) is 0.657. The molecule has 25 heavy (non-hydrogen) atoms. The first-order valence-corrected chi connectivity index (χ1v) is 7.68. The summed E-state index contributed by atoms with van der Waals surface area (Å²) in [6, 6.07) is 20.9. The zero-order chi connectivity index (χ0) is 18.7. The molecular weight excluding hydrogens is 316 g/mol. The average Bonchev–Trinajstić information content (AvgIpc) is 2.60. The summed E-state index contributed by atoms with van der Waals surface area (Å²) in [4.78, 5) is 10.3. The van der Waals surface area contributed by atoms with Gasteiger partial charge in [0.1, 0.15) is 17.2 Å². The number of carbonyl (C=O) groups is 1. The van der Waals surface area contributed by atoms with Crippen LogP contribution in [0.15, 0.2) is 72.8 Å². The normalized spacial score (nSPS) is 9.04. The molecule has 130 valence electrons. The fraction of sp³-hybridized carbons (Fsp3) is 0.0952. The lowest BCUT2D eigenvalue weighted by Gasteiger charge is -1.98. The van der Waals surface area contributed by atoms with Crippen LogP contribution in [0.3, 0.4) is 0 Å². The molecule has 0 atom stereocenters. The minimum atomic E-state index is 0.0509. The lowest BCUT2D eigenvalue weighted by molar-refractivity contribution is 0.112. The van der Waals surface area contributed by atoms with E-state index in [-0.39, 0.29) is 5.75 Å². The lowest BCUT2D eigenvalue weighted by atomic mass is 10.1. The quantitative estimate of drug-likeness (QED) is 0.566. The van der Waals surface area contributed by atoms with E-state index in [4.69, 9.17) is 15.3 Å². The Morgan fingerprint density at radius 3 is 1.52 bits per heavy atom. The number of para-hydroxylation sites is 2. The number of benzene rings is 3. The van der Waals surface area contributed by atoms with E-state index in [1.807, 2.05) is 31.2 Å². The van der Waals surface area contributed by atoms with E-state index in [9.17, 15) is 4.79 Å². The van der Waals surface area contributed by atoms with Crippen LogP contribution in [-0.4, -0.2) is 21.6 Å². The highest BCUT2D eigenvalue weighted by atomic mass is 16.3. The highest BCUT2D eigenvalue weighted by molar-refractivity contribution is 5.81. The first kappa shape index (κ1) is 19.8. The van der Waals surface area contributed by atoms with Crippen LogP contribution in [0.5, 0.6) is 17.2 Å². The molecule has 0 saturated carbocycles. The second-order valence-electron chi connectivity index (χ2n) is 5.25. The van der Waals surface area contributed by atoms with Gasteiger partial charge in [0.2, 0.25) is 0 Å². The van der Waals surface area contributed by atoms with Crippen LogP contribution in [-0.2, 0) is 0 Å². The van der Waals surface area contributed by atoms with Crippen molar-refractivity contribution < 1.29 is 20.1 Å². The van der Waals surface area contributed by atoms with Crippen molar-refractivity contribution in [1.82, 2.24) is 0 Å². The third kappa shape index (κ3) is 7.22. The van der Waals surface area contributed by atoms with Crippen molar-refractivity contribution in [2.45, 2.75) is 13.8 Å². The Morgan fingerprint density at radius 1 is 0.640 bits per heavy atom. The van der Waals surface area contributed by atoms with Gasteiger partial charge in [-0.25, -0.2) is 0 Å². The summed E-state index contributed by atoms with van der Waals surface area (Å²) in [5, 5.41) is 26.6. The Kier molecular flexibility index (Phi) is 8.30. The first-order valence-electron chi connectivity index (χ1n) is 7.68. The van der Waals surface area contributed by atoms with Gasteiger partial charge in [-0.3, -0.25) is 4.79 Å². The standard InChI is InChI=1S/C8H8O2.C7H8O.C6H6O/c1-6-3-2-4-8(10)7(6)5-9;1-6-4-2-3-5-7(6)8;7-6-4-2-1-3-5-6/h2-5,10H,1H3;2-5,8H,1H3;1-5,7H. The highest BCUT2D eigenvalue weighted by Crippen LogP contribution is 2.17. The van der Waals surface area contributed by atoms with Gasteiger partial charge in [-0.15, -0.1) is 0 Å². The second kappa shape index (κ2) is 10.5. The van der Waals surface area contributed by atoms with E-state index in [2.05, 4.69) is 0 Å². The maximum Gasteiger partial charge on any atom is 0.154 e. The predicted molar refractivity (Wildman–Crippen MR) is 99.2 cm³/mol. The number of rotatable bonds is 1. The Morgan fingerprint density at radius 2 is 1.16 bits per heavy atom. The molecule has 0 spiro atoms. The summed E-state index contributed by atoms with van der Waals surface area (Å²) in [7, 11) is 0. The summed E-state index contributed by atoms with van der Waals surface area (Å²) < 4.78 is 0. The molecule has 3 rings (SSSR count). The van der Waals surface area contributed by atoms with Crippen LogP contribution in [0.1, 0.15) is 21.5 Å². The predicted octanol–water partition coefficient (Wildman–Crippen LogP) is 4.61. The molecule has 3 N–H and O–H groups in total. The van der Waals surface area contributed by atoms with E-state index in [1.165, 1.54) is 6.07 Å². The van der Waals surface area contributed by atoms with E-state index in [0.717, 1.165) is 11.1 Å². The molecule has 3 aromatic rings. The van der Waals surface area contributed by atoms with Gasteiger partial charge in [-0.05, 0) is 49.2 Å². The highest BCUT2D eigenvalue weighted by Gasteiger charge is 2.00. The summed E-state index contributed by atoms with van der Waals surface area (Å²) in [5.41, 5.74) is 2.10. The summed E-state index contributed by atoms with van der Waals surface area (Å²) in [5.74, 6) is 0.741. The van der Waals surface area contributed by atoms with Crippen molar-refractivity contribution in [2.75, 3.05) is 0 Å². The van der Waals surface area contributed by atoms with Gasteiger partial charge in [0.05, 0.1) is 5.56 Å². The van der Waals surface area contributed by atoms with Crippen molar-refractivity contribution in [3.63, 3.8) is 0 Å². The van der Waals surface area contributed by atoms with Gasteiger partial charge >= 0.3 is 0 Å². The molecule has 0 aliphatic heterocycles. The van der Waals surface area contributed by atoms with Gasteiger partial charge in [0, 0.05) is 0 Å². The molecular formula is C21H22O4. The lowest BCUT2D eigenvalue weighted by Crippen LogP contribution is -1.84. The van der Waals surface area contributed by atoms with Crippen LogP contribution >= 0.6 is 0 Å². The van der Waals surface area contributed by atoms with Crippen LogP contribution in [0.2, 0.25) is 0 Å². The Bertz CT molecular complexity index is 742. The number of carbonyl (C=O) groups excluding carboxylic acids is 1. The molecule has 0 fully saturated rings. The number of hydrogen-bond acceptors (Lipinski definition) is 4. The van der Waals surface area contributed by atoms with Gasteiger partial charge in [0.25, 0.3) is 0 Å². The zero-order valence-electron chi connectivity index (χ0n) is 14.3. The third-order valence-corrected chi connectivity index (χ3v) is 3.29. The van der Waals surface area contributed by atoms with Crippen molar-refractivity contribution >= 4 is 6.29 Å². The Hall–Kier alpha value is -3.27. The molecule has 0 bridgehead atoms. The molecule has 0 radical (unpaired) electrons. The van der Waals surface area contributed by atoms with Crippen molar-refractivity contribution in [3.05, 3.63) is 89.5 Å². The Labute approximate surface area is 147 Å². The van der Waals surface area contributed by atoms with Crippen molar-refractivity contribution in [2.24, 2.45) is 0 Å². The number of aromatic hydroxyl groups is 3. The molecule has 3 aromatic carbocycles. The minimum absolute atomic E-state index is 0.0509. The SMILES string of the molecule is Cc1cccc(O)c1C=O.Cc1ccccc1O.Oc1ccccc1. The third-order valence-electron chi connectivity index (χ3n) is 3.29. The number of hydrogen-bond donors (Lipinski definition) is 3. The topological polar surface area (TPSA) is 77.8 Å². The molecule has 4 heteroatoms. The molecule has 0 amide bonds. The van der Waals surface area contributed by atoms with Crippen LogP contribution < -0.4 is 0 Å². The van der Waals surface area contributed by atoms with Gasteiger partial charge < -0.3 is 15.3 Å². The molecule has 0 aromatic heterocycles. The van der Waals surface area contributed by atoms with Crippen molar-refractivity contribution in [3.8, 4) is 17.2 Å². The number of phenolic OH excluding ortho intramolecular Hbond substituents is 3. The van der Waals surface area contributed by atoms with E-state index in [1.54, 1.807) is 49.4 Å². The molecule has 0 unspecified atom stereocenters. The first-order chi connectivity index (χ1) is 12.0. The minimum Gasteiger partial charge on any atom is -0.508 e. The van der Waals surface area contributed by atoms with Crippen LogP contribution in [0.25, 0.3) is 0 Å². The fourth-order valence-corrected chi connectivity index (χ4v) is 1.81. The van der Waals surface area contributed by atoms with Gasteiger partial charge in [0.15, 0.2) is 6.29 Å². The number of phenols is 3. The molecule has 0 saturated heterocycles. The summed E-state index contributed by atoms with van der Waals surface area (Å²) in [6.45, 7) is 3.65. The second-order valence-corrected chi connectivity index (χ2v) is 5.25. The fourth-order valence-electron chi connectivity index (χ4n) is 1.81. The van der Waals surface area contributed by atoms with Crippen molar-refractivity contribution in [1.29, 1.82) is 0 Å². The van der Waals surface area contributed by atoms with E-state index >= 15 is 0 Å². The maximum atomic E-state index is 10.3.